The smallest absolute Gasteiger partial charge is 0.0786 e. The van der Waals surface area contributed by atoms with Crippen molar-refractivity contribution in [2.24, 2.45) is 5.92 Å². The van der Waals surface area contributed by atoms with Crippen LogP contribution in [0.1, 0.15) is 40.0 Å². The van der Waals surface area contributed by atoms with Gasteiger partial charge in [0.2, 0.25) is 0 Å². The molecule has 0 unspecified atom stereocenters. The summed E-state index contributed by atoms with van der Waals surface area (Å²) in [7, 11) is 2.39. The van der Waals surface area contributed by atoms with Crippen molar-refractivity contribution in [2.45, 2.75) is 40.0 Å². The number of nitrogens with zero attached hydrogens (tertiary/aromatic N) is 1. The molecule has 1 fully saturated rings. The van der Waals surface area contributed by atoms with Crippen molar-refractivity contribution in [3.05, 3.63) is 0 Å². The van der Waals surface area contributed by atoms with Gasteiger partial charge in [0.25, 0.3) is 0 Å². The molecule has 0 aliphatic carbocycles. The SMILES string of the molecule is CC(C)C(=O)[O-].CCC[N+]1(C)CCCC1. The van der Waals surface area contributed by atoms with Crippen molar-refractivity contribution in [3.63, 3.8) is 0 Å². The van der Waals surface area contributed by atoms with E-state index in [2.05, 4.69) is 14.0 Å². The van der Waals surface area contributed by atoms with Crippen LogP contribution in [0.15, 0.2) is 0 Å². The van der Waals surface area contributed by atoms with Crippen molar-refractivity contribution in [3.8, 4) is 0 Å². The van der Waals surface area contributed by atoms with E-state index in [9.17, 15) is 9.90 Å². The maximum absolute atomic E-state index is 9.59. The van der Waals surface area contributed by atoms with Crippen LogP contribution in [0.5, 0.6) is 0 Å². The Bertz CT molecular complexity index is 184. The first-order valence-corrected chi connectivity index (χ1v) is 5.95. The monoisotopic (exact) mass is 215 g/mol. The maximum atomic E-state index is 9.59. The predicted molar refractivity (Wildman–Crippen MR) is 60.2 cm³/mol. The number of likely N-dealkylation sites (tertiary alicyclic amines) is 1. The highest BCUT2D eigenvalue weighted by atomic mass is 16.4. The van der Waals surface area contributed by atoms with Gasteiger partial charge in [-0.2, -0.15) is 0 Å². The number of hydrogen-bond acceptors (Lipinski definition) is 2. The lowest BCUT2D eigenvalue weighted by atomic mass is 10.2. The van der Waals surface area contributed by atoms with Gasteiger partial charge >= 0.3 is 0 Å². The van der Waals surface area contributed by atoms with E-state index in [1.165, 1.54) is 43.4 Å². The molecule has 0 saturated carbocycles. The van der Waals surface area contributed by atoms with Crippen LogP contribution >= 0.6 is 0 Å². The predicted octanol–water partition coefficient (Wildman–Crippen LogP) is 1.03. The van der Waals surface area contributed by atoms with Crippen LogP contribution < -0.4 is 5.11 Å². The van der Waals surface area contributed by atoms with Crippen molar-refractivity contribution >= 4 is 5.97 Å². The van der Waals surface area contributed by atoms with E-state index in [0.717, 1.165) is 0 Å². The minimum atomic E-state index is -0.991. The second-order valence-corrected chi connectivity index (χ2v) is 4.97. The Kier molecular flexibility index (Phi) is 6.57. The Labute approximate surface area is 93.7 Å². The molecule has 1 aliphatic heterocycles. The molecule has 0 aromatic heterocycles. The average molecular weight is 215 g/mol. The number of hydrogen-bond donors (Lipinski definition) is 0. The number of carboxylic acids is 1. The molecular weight excluding hydrogens is 190 g/mol. The molecule has 0 bridgehead atoms. The van der Waals surface area contributed by atoms with Crippen LogP contribution in [-0.4, -0.2) is 37.1 Å². The molecule has 3 nitrogen and oxygen atoms in total. The third kappa shape index (κ3) is 6.50. The molecule has 0 aromatic rings. The van der Waals surface area contributed by atoms with Crippen LogP contribution in [0.3, 0.4) is 0 Å². The quantitative estimate of drug-likeness (QED) is 0.660. The van der Waals surface area contributed by atoms with Crippen molar-refractivity contribution in [1.82, 2.24) is 0 Å². The van der Waals surface area contributed by atoms with Gasteiger partial charge in [-0.05, 0) is 12.3 Å². The first-order valence-electron chi connectivity index (χ1n) is 5.95. The van der Waals surface area contributed by atoms with Gasteiger partial charge in [0.15, 0.2) is 0 Å². The molecule has 0 atom stereocenters. The summed E-state index contributed by atoms with van der Waals surface area (Å²) in [6.07, 6.45) is 4.25. The second kappa shape index (κ2) is 6.83. The number of aliphatic carboxylic acids is 1. The molecule has 1 rings (SSSR count). The van der Waals surface area contributed by atoms with E-state index < -0.39 is 5.97 Å². The number of carbonyl (C=O) groups excluding carboxylic acids is 1. The zero-order chi connectivity index (χ0) is 11.9. The van der Waals surface area contributed by atoms with Gasteiger partial charge in [-0.1, -0.05) is 20.8 Å². The minimum Gasteiger partial charge on any atom is -0.550 e. The number of rotatable bonds is 3. The molecule has 1 saturated heterocycles. The van der Waals surface area contributed by atoms with Gasteiger partial charge in [-0.3, -0.25) is 0 Å². The highest BCUT2D eigenvalue weighted by Crippen LogP contribution is 2.15. The van der Waals surface area contributed by atoms with Crippen LogP contribution in [-0.2, 0) is 4.79 Å². The normalized spacial score (nSPS) is 18.5. The Morgan fingerprint density at radius 2 is 1.73 bits per heavy atom. The number of carbonyl (C=O) groups is 1. The third-order valence-corrected chi connectivity index (χ3v) is 2.88. The van der Waals surface area contributed by atoms with Crippen LogP contribution in [0, 0.1) is 5.92 Å². The molecule has 0 radical (unpaired) electrons. The number of carboxylic acid groups (broad SMARTS) is 1. The molecule has 0 spiro atoms. The van der Waals surface area contributed by atoms with Crippen molar-refractivity contribution in [1.29, 1.82) is 0 Å². The summed E-state index contributed by atoms with van der Waals surface area (Å²) in [6.45, 7) is 9.67. The number of quaternary nitrogens is 1. The van der Waals surface area contributed by atoms with Gasteiger partial charge in [0, 0.05) is 18.8 Å². The molecule has 0 aromatic carbocycles. The third-order valence-electron chi connectivity index (χ3n) is 2.88. The maximum Gasteiger partial charge on any atom is 0.0786 e. The lowest BCUT2D eigenvalue weighted by Crippen LogP contribution is -2.41. The summed E-state index contributed by atoms with van der Waals surface area (Å²) < 4.78 is 1.34. The molecule has 1 aliphatic rings. The fourth-order valence-electron chi connectivity index (χ4n) is 1.86. The molecule has 0 N–H and O–H groups in total. The highest BCUT2D eigenvalue weighted by Gasteiger charge is 2.24. The molecule has 15 heavy (non-hydrogen) atoms. The summed E-state index contributed by atoms with van der Waals surface area (Å²) in [4.78, 5) is 9.59. The first-order chi connectivity index (χ1) is 6.91. The summed E-state index contributed by atoms with van der Waals surface area (Å²) in [5.41, 5.74) is 0. The second-order valence-electron chi connectivity index (χ2n) is 4.97. The van der Waals surface area contributed by atoms with Crippen LogP contribution in [0.2, 0.25) is 0 Å². The van der Waals surface area contributed by atoms with E-state index in [-0.39, 0.29) is 5.92 Å². The zero-order valence-corrected chi connectivity index (χ0v) is 10.6. The van der Waals surface area contributed by atoms with Gasteiger partial charge in [0.1, 0.15) is 0 Å². The molecule has 0 amide bonds. The van der Waals surface area contributed by atoms with E-state index in [1.54, 1.807) is 13.8 Å². The average Bonchev–Trinajstić information content (AvgIpc) is 2.53. The minimum absolute atomic E-state index is 0.343. The summed E-state index contributed by atoms with van der Waals surface area (Å²) in [5, 5.41) is 9.59. The summed E-state index contributed by atoms with van der Waals surface area (Å²) >= 11 is 0. The van der Waals surface area contributed by atoms with Gasteiger partial charge in [0.05, 0.1) is 26.7 Å². The zero-order valence-electron chi connectivity index (χ0n) is 10.6. The van der Waals surface area contributed by atoms with Crippen LogP contribution in [0.25, 0.3) is 0 Å². The Hall–Kier alpha value is -0.570. The fourth-order valence-corrected chi connectivity index (χ4v) is 1.86. The van der Waals surface area contributed by atoms with Crippen LogP contribution in [0.4, 0.5) is 0 Å². The first kappa shape index (κ1) is 14.4. The molecule has 1 heterocycles. The van der Waals surface area contributed by atoms with Gasteiger partial charge in [-0.25, -0.2) is 0 Å². The molecular formula is C12H25NO2. The lowest BCUT2D eigenvalue weighted by molar-refractivity contribution is -0.897. The van der Waals surface area contributed by atoms with Gasteiger partial charge < -0.3 is 14.4 Å². The van der Waals surface area contributed by atoms with E-state index in [1.807, 2.05) is 0 Å². The summed E-state index contributed by atoms with van der Waals surface area (Å²) in [5.74, 6) is -1.33. The van der Waals surface area contributed by atoms with Crippen molar-refractivity contribution < 1.29 is 14.4 Å². The standard InChI is InChI=1S/C8H18N.C4H8O2/c1-3-6-9(2)7-4-5-8-9;1-3(2)4(5)6/h3-8H2,1-2H3;3H,1-2H3,(H,5,6)/q+1;/p-1. The Morgan fingerprint density at radius 1 is 1.33 bits per heavy atom. The Morgan fingerprint density at radius 3 is 2.00 bits per heavy atom. The lowest BCUT2D eigenvalue weighted by Gasteiger charge is -2.28. The van der Waals surface area contributed by atoms with Gasteiger partial charge in [-0.15, -0.1) is 0 Å². The van der Waals surface area contributed by atoms with Crippen molar-refractivity contribution in [2.75, 3.05) is 26.7 Å². The Balaban J connectivity index is 0.000000288. The fraction of sp³-hybridized carbons (Fsp3) is 0.917. The molecule has 90 valence electrons. The summed E-state index contributed by atoms with van der Waals surface area (Å²) in [6, 6.07) is 0. The van der Waals surface area contributed by atoms with E-state index in [4.69, 9.17) is 0 Å². The van der Waals surface area contributed by atoms with E-state index >= 15 is 0 Å². The largest absolute Gasteiger partial charge is 0.550 e. The topological polar surface area (TPSA) is 40.1 Å². The van der Waals surface area contributed by atoms with E-state index in [0.29, 0.717) is 0 Å². The highest BCUT2D eigenvalue weighted by molar-refractivity contribution is 5.66. The molecule has 3 heteroatoms.